The first-order chi connectivity index (χ1) is 18.1. The molecule has 37 heavy (non-hydrogen) atoms. The van der Waals surface area contributed by atoms with Crippen LogP contribution in [0.4, 0.5) is 0 Å². The summed E-state index contributed by atoms with van der Waals surface area (Å²) in [5, 5.41) is 0. The van der Waals surface area contributed by atoms with Crippen molar-refractivity contribution in [1.29, 1.82) is 0 Å². The molecule has 0 aromatic heterocycles. The van der Waals surface area contributed by atoms with Gasteiger partial charge in [-0.25, -0.2) is 24.2 Å². The van der Waals surface area contributed by atoms with Gasteiger partial charge < -0.3 is 0 Å². The summed E-state index contributed by atoms with van der Waals surface area (Å²) >= 11 is 0. The first-order valence-corrected chi connectivity index (χ1v) is 13.4. The van der Waals surface area contributed by atoms with Gasteiger partial charge in [0.05, 0.1) is 17.7 Å². The Hall–Kier alpha value is -3.19. The van der Waals surface area contributed by atoms with Crippen molar-refractivity contribution in [2.75, 3.05) is 6.61 Å². The molecule has 0 atom stereocenters. The first-order valence-electron chi connectivity index (χ1n) is 13.4. The van der Waals surface area contributed by atoms with Crippen molar-refractivity contribution in [2.45, 2.75) is 90.9 Å². The van der Waals surface area contributed by atoms with Crippen molar-refractivity contribution >= 4 is 17.9 Å². The Bertz CT molecular complexity index is 801. The molecule has 0 aliphatic heterocycles. The topological polar surface area (TPSA) is 88.1 Å². The van der Waals surface area contributed by atoms with Crippen LogP contribution in [0.2, 0.25) is 0 Å². The Labute approximate surface area is 221 Å². The molecular formula is C30H42O7. The standard InChI is InChI=1S/C16H32O3.C14H10O4/c1-3-5-7-8-9-10-11-12-13-14-16(17)19-18-15-6-4-2;15-13(11-7-3-1-4-8-11)17-18-14(16)12-9-5-2-6-10-12/h3-15H2,1-2H3;1-10H. The fourth-order valence-electron chi connectivity index (χ4n) is 3.25. The smallest absolute Gasteiger partial charge is 0.298 e. The molecule has 7 heteroatoms. The van der Waals surface area contributed by atoms with E-state index in [0.29, 0.717) is 24.2 Å². The normalized spacial score (nSPS) is 10.1. The average Bonchev–Trinajstić information content (AvgIpc) is 2.94. The van der Waals surface area contributed by atoms with Crippen molar-refractivity contribution in [3.05, 3.63) is 71.8 Å². The zero-order valence-corrected chi connectivity index (χ0v) is 22.3. The second-order valence-corrected chi connectivity index (χ2v) is 8.68. The lowest BCUT2D eigenvalue weighted by Gasteiger charge is -2.03. The molecular weight excluding hydrogens is 472 g/mol. The summed E-state index contributed by atoms with van der Waals surface area (Å²) in [7, 11) is 0. The van der Waals surface area contributed by atoms with Crippen LogP contribution in [-0.4, -0.2) is 24.5 Å². The molecule has 0 amide bonds. The predicted molar refractivity (Wildman–Crippen MR) is 143 cm³/mol. The zero-order valence-electron chi connectivity index (χ0n) is 22.3. The highest BCUT2D eigenvalue weighted by atomic mass is 17.2. The van der Waals surface area contributed by atoms with E-state index in [9.17, 15) is 14.4 Å². The van der Waals surface area contributed by atoms with Gasteiger partial charge in [-0.1, -0.05) is 108 Å². The molecule has 0 heterocycles. The van der Waals surface area contributed by atoms with Crippen LogP contribution < -0.4 is 0 Å². The Morgan fingerprint density at radius 2 is 0.973 bits per heavy atom. The van der Waals surface area contributed by atoms with Gasteiger partial charge in [-0.15, -0.1) is 0 Å². The van der Waals surface area contributed by atoms with Gasteiger partial charge >= 0.3 is 17.9 Å². The van der Waals surface area contributed by atoms with Crippen molar-refractivity contribution in [1.82, 2.24) is 0 Å². The van der Waals surface area contributed by atoms with Crippen molar-refractivity contribution in [3.63, 3.8) is 0 Å². The maximum atomic E-state index is 11.5. The van der Waals surface area contributed by atoms with Crippen LogP contribution in [0.5, 0.6) is 0 Å². The van der Waals surface area contributed by atoms with E-state index in [2.05, 4.69) is 28.5 Å². The van der Waals surface area contributed by atoms with E-state index >= 15 is 0 Å². The SMILES string of the molecule is CCCCCCCCCCCC(=O)OOCCCC.O=C(OOC(=O)c1ccccc1)c1ccccc1. The lowest BCUT2D eigenvalue weighted by Crippen LogP contribution is -2.11. The highest BCUT2D eigenvalue weighted by molar-refractivity contribution is 5.92. The third-order valence-electron chi connectivity index (χ3n) is 5.43. The molecule has 0 aliphatic carbocycles. The monoisotopic (exact) mass is 514 g/mol. The fourth-order valence-corrected chi connectivity index (χ4v) is 3.25. The van der Waals surface area contributed by atoms with E-state index in [4.69, 9.17) is 4.89 Å². The number of hydrogen-bond donors (Lipinski definition) is 0. The Balaban J connectivity index is 0.000000370. The number of carbonyl (C=O) groups is 3. The van der Waals surface area contributed by atoms with Crippen LogP contribution in [0, 0.1) is 0 Å². The molecule has 0 spiro atoms. The number of benzene rings is 2. The molecule has 2 aromatic carbocycles. The van der Waals surface area contributed by atoms with Gasteiger partial charge in [0.25, 0.3) is 0 Å². The molecule has 0 saturated carbocycles. The maximum absolute atomic E-state index is 11.5. The van der Waals surface area contributed by atoms with Gasteiger partial charge in [-0.3, -0.25) is 4.89 Å². The minimum atomic E-state index is -0.708. The Morgan fingerprint density at radius 1 is 0.541 bits per heavy atom. The van der Waals surface area contributed by atoms with Gasteiger partial charge in [0.2, 0.25) is 0 Å². The van der Waals surface area contributed by atoms with E-state index in [1.165, 1.54) is 44.9 Å². The molecule has 0 aliphatic rings. The van der Waals surface area contributed by atoms with Gasteiger partial charge in [-0.05, 0) is 37.1 Å². The number of unbranched alkanes of at least 4 members (excludes halogenated alkanes) is 9. The Morgan fingerprint density at radius 3 is 1.43 bits per heavy atom. The van der Waals surface area contributed by atoms with Gasteiger partial charge in [-0.2, -0.15) is 4.89 Å². The van der Waals surface area contributed by atoms with E-state index in [1.807, 2.05) is 0 Å². The highest BCUT2D eigenvalue weighted by Gasteiger charge is 2.13. The molecule has 0 saturated heterocycles. The first kappa shape index (κ1) is 31.8. The average molecular weight is 515 g/mol. The van der Waals surface area contributed by atoms with Crippen molar-refractivity contribution in [2.24, 2.45) is 0 Å². The van der Waals surface area contributed by atoms with Crippen LogP contribution >= 0.6 is 0 Å². The van der Waals surface area contributed by atoms with E-state index < -0.39 is 11.9 Å². The minimum Gasteiger partial charge on any atom is -0.298 e. The van der Waals surface area contributed by atoms with E-state index in [1.54, 1.807) is 60.7 Å². The van der Waals surface area contributed by atoms with E-state index in [0.717, 1.165) is 25.7 Å². The third-order valence-corrected chi connectivity index (χ3v) is 5.43. The van der Waals surface area contributed by atoms with Crippen LogP contribution in [-0.2, 0) is 24.3 Å². The second kappa shape index (κ2) is 22.0. The lowest BCUT2D eigenvalue weighted by atomic mass is 10.1. The largest absolute Gasteiger partial charge is 0.386 e. The number of rotatable bonds is 16. The van der Waals surface area contributed by atoms with Crippen molar-refractivity contribution < 1.29 is 33.9 Å². The summed E-state index contributed by atoms with van der Waals surface area (Å²) in [6.45, 7) is 4.83. The summed E-state index contributed by atoms with van der Waals surface area (Å²) in [5.41, 5.74) is 0.636. The molecule has 7 nitrogen and oxygen atoms in total. The number of hydrogen-bond acceptors (Lipinski definition) is 7. The van der Waals surface area contributed by atoms with Gasteiger partial charge in [0.1, 0.15) is 0 Å². The molecule has 2 aromatic rings. The molecule has 0 unspecified atom stereocenters. The molecule has 0 fully saturated rings. The minimum absolute atomic E-state index is 0.223. The molecule has 0 radical (unpaired) electrons. The number of carbonyl (C=O) groups excluding carboxylic acids is 3. The molecule has 0 bridgehead atoms. The van der Waals surface area contributed by atoms with E-state index in [-0.39, 0.29) is 5.97 Å². The summed E-state index contributed by atoms with van der Waals surface area (Å²) in [6, 6.07) is 16.6. The molecule has 204 valence electrons. The van der Waals surface area contributed by atoms with Gasteiger partial charge in [0.15, 0.2) is 0 Å². The summed E-state index contributed by atoms with van der Waals surface area (Å²) in [6.07, 6.45) is 13.8. The van der Waals surface area contributed by atoms with Crippen LogP contribution in [0.25, 0.3) is 0 Å². The lowest BCUT2D eigenvalue weighted by molar-refractivity contribution is -0.272. The van der Waals surface area contributed by atoms with Crippen LogP contribution in [0.3, 0.4) is 0 Å². The van der Waals surface area contributed by atoms with Crippen molar-refractivity contribution in [3.8, 4) is 0 Å². The Kier molecular flexibility index (Phi) is 19.0. The molecule has 2 rings (SSSR count). The zero-order chi connectivity index (χ0) is 27.0. The van der Waals surface area contributed by atoms with Crippen LogP contribution in [0.15, 0.2) is 60.7 Å². The third kappa shape index (κ3) is 17.0. The summed E-state index contributed by atoms with van der Waals surface area (Å²) in [5.74, 6) is -1.64. The predicted octanol–water partition coefficient (Wildman–Crippen LogP) is 7.80. The quantitative estimate of drug-likeness (QED) is 0.128. The molecule has 0 N–H and O–H groups in total. The fraction of sp³-hybridized carbons (Fsp3) is 0.500. The van der Waals surface area contributed by atoms with Crippen LogP contribution in [0.1, 0.15) is 112 Å². The summed E-state index contributed by atoms with van der Waals surface area (Å²) < 4.78 is 0. The second-order valence-electron chi connectivity index (χ2n) is 8.68. The summed E-state index contributed by atoms with van der Waals surface area (Å²) in [4.78, 5) is 52.6. The van der Waals surface area contributed by atoms with Gasteiger partial charge in [0, 0.05) is 6.42 Å². The highest BCUT2D eigenvalue weighted by Crippen LogP contribution is 2.11. The maximum Gasteiger partial charge on any atom is 0.386 e.